The number of rotatable bonds is 3. The number of nitrogen functional groups attached to an aromatic ring is 1. The molecule has 0 bridgehead atoms. The second-order valence-corrected chi connectivity index (χ2v) is 3.10. The van der Waals surface area contributed by atoms with Crippen molar-refractivity contribution in [1.29, 1.82) is 5.26 Å². The maximum absolute atomic E-state index is 11.3. The molecule has 1 aromatic rings. The minimum Gasteiger partial charge on any atom is -0.465 e. The quantitative estimate of drug-likeness (QED) is 0.619. The van der Waals surface area contributed by atoms with Gasteiger partial charge in [0, 0.05) is 5.69 Å². The second kappa shape index (κ2) is 5.56. The number of nitriles is 1. The molecule has 0 heterocycles. The van der Waals surface area contributed by atoms with Crippen LogP contribution in [-0.4, -0.2) is 13.1 Å². The number of anilines is 1. The minimum absolute atomic E-state index is 0.331. The van der Waals surface area contributed by atoms with Gasteiger partial charge in [-0.25, -0.2) is 4.79 Å². The van der Waals surface area contributed by atoms with Gasteiger partial charge in [-0.15, -0.1) is 0 Å². The topological polar surface area (TPSA) is 76.1 Å². The summed E-state index contributed by atoms with van der Waals surface area (Å²) in [6.45, 7) is 0. The molecule has 0 unspecified atom stereocenters. The number of carbonyl (C=O) groups excluding carboxylic acids is 1. The molecule has 0 amide bonds. The molecule has 0 aliphatic carbocycles. The monoisotopic (exact) mass is 216 g/mol. The molecule has 0 saturated heterocycles. The number of nitrogens with zero attached hydrogens (tertiary/aromatic N) is 1. The molecule has 0 saturated carbocycles. The Kier molecular flexibility index (Phi) is 4.10. The first-order valence-corrected chi connectivity index (χ1v) is 4.70. The molecule has 0 atom stereocenters. The van der Waals surface area contributed by atoms with Crippen LogP contribution < -0.4 is 5.73 Å². The lowest BCUT2D eigenvalue weighted by molar-refractivity contribution is 0.0602. The molecule has 1 aromatic carbocycles. The van der Waals surface area contributed by atoms with E-state index in [0.717, 1.165) is 5.56 Å². The van der Waals surface area contributed by atoms with E-state index in [0.29, 0.717) is 17.7 Å². The summed E-state index contributed by atoms with van der Waals surface area (Å²) in [6.07, 6.45) is 3.81. The molecule has 0 aromatic heterocycles. The Morgan fingerprint density at radius 2 is 2.38 bits per heavy atom. The van der Waals surface area contributed by atoms with Crippen molar-refractivity contribution in [3.8, 4) is 6.07 Å². The van der Waals surface area contributed by atoms with Crippen molar-refractivity contribution in [3.05, 3.63) is 35.4 Å². The van der Waals surface area contributed by atoms with E-state index in [1.807, 2.05) is 6.07 Å². The van der Waals surface area contributed by atoms with Gasteiger partial charge in [0.1, 0.15) is 0 Å². The van der Waals surface area contributed by atoms with Gasteiger partial charge in [0.25, 0.3) is 0 Å². The molecular formula is C12H12N2O2. The first-order valence-electron chi connectivity index (χ1n) is 4.70. The number of allylic oxidation sites excluding steroid dienone is 1. The highest BCUT2D eigenvalue weighted by molar-refractivity contribution is 5.95. The van der Waals surface area contributed by atoms with Crippen molar-refractivity contribution >= 4 is 17.7 Å². The zero-order chi connectivity index (χ0) is 12.0. The first-order chi connectivity index (χ1) is 7.69. The van der Waals surface area contributed by atoms with Crippen molar-refractivity contribution in [2.45, 2.75) is 6.42 Å². The van der Waals surface area contributed by atoms with E-state index in [1.54, 1.807) is 30.4 Å². The van der Waals surface area contributed by atoms with Crippen LogP contribution in [0.5, 0.6) is 0 Å². The SMILES string of the molecule is COC(=O)c1cc(C=CCC#N)ccc1N. The van der Waals surface area contributed by atoms with E-state index in [9.17, 15) is 4.79 Å². The lowest BCUT2D eigenvalue weighted by Gasteiger charge is -2.04. The molecule has 0 aliphatic rings. The minimum atomic E-state index is -0.465. The van der Waals surface area contributed by atoms with E-state index in [1.165, 1.54) is 7.11 Å². The highest BCUT2D eigenvalue weighted by atomic mass is 16.5. The average molecular weight is 216 g/mol. The third kappa shape index (κ3) is 2.85. The van der Waals surface area contributed by atoms with E-state index in [2.05, 4.69) is 4.74 Å². The summed E-state index contributed by atoms with van der Waals surface area (Å²) in [5, 5.41) is 8.37. The Labute approximate surface area is 93.9 Å². The molecule has 0 radical (unpaired) electrons. The van der Waals surface area contributed by atoms with Gasteiger partial charge >= 0.3 is 5.97 Å². The van der Waals surface area contributed by atoms with Crippen LogP contribution in [0, 0.1) is 11.3 Å². The van der Waals surface area contributed by atoms with Crippen LogP contribution in [0.15, 0.2) is 24.3 Å². The van der Waals surface area contributed by atoms with Crippen LogP contribution >= 0.6 is 0 Å². The number of hydrogen-bond acceptors (Lipinski definition) is 4. The van der Waals surface area contributed by atoms with E-state index in [4.69, 9.17) is 11.0 Å². The molecule has 82 valence electrons. The van der Waals surface area contributed by atoms with Gasteiger partial charge in [-0.3, -0.25) is 0 Å². The predicted molar refractivity (Wildman–Crippen MR) is 61.5 cm³/mol. The highest BCUT2D eigenvalue weighted by Crippen LogP contribution is 2.16. The Morgan fingerprint density at radius 3 is 3.00 bits per heavy atom. The Bertz CT molecular complexity index is 459. The van der Waals surface area contributed by atoms with E-state index < -0.39 is 5.97 Å². The smallest absolute Gasteiger partial charge is 0.339 e. The van der Waals surface area contributed by atoms with Crippen molar-refractivity contribution < 1.29 is 9.53 Å². The fourth-order valence-electron chi connectivity index (χ4n) is 1.21. The van der Waals surface area contributed by atoms with Crippen LogP contribution in [-0.2, 0) is 4.74 Å². The standard InChI is InChI=1S/C12H12N2O2/c1-16-12(15)10-8-9(4-2-3-7-13)5-6-11(10)14/h2,4-6,8H,3,14H2,1H3. The molecule has 16 heavy (non-hydrogen) atoms. The molecule has 2 N–H and O–H groups in total. The third-order valence-corrected chi connectivity index (χ3v) is 2.00. The molecule has 0 spiro atoms. The highest BCUT2D eigenvalue weighted by Gasteiger charge is 2.09. The average Bonchev–Trinajstić information content (AvgIpc) is 2.30. The van der Waals surface area contributed by atoms with Crippen LogP contribution in [0.3, 0.4) is 0 Å². The van der Waals surface area contributed by atoms with Crippen molar-refractivity contribution in [2.75, 3.05) is 12.8 Å². The zero-order valence-corrected chi connectivity index (χ0v) is 8.93. The van der Waals surface area contributed by atoms with Gasteiger partial charge in [-0.2, -0.15) is 5.26 Å². The van der Waals surface area contributed by atoms with Crippen molar-refractivity contribution in [1.82, 2.24) is 0 Å². The normalized spacial score (nSPS) is 10.0. The molecule has 0 fully saturated rings. The third-order valence-electron chi connectivity index (χ3n) is 2.00. The number of carbonyl (C=O) groups is 1. The van der Waals surface area contributed by atoms with Crippen molar-refractivity contribution in [3.63, 3.8) is 0 Å². The molecule has 4 nitrogen and oxygen atoms in total. The zero-order valence-electron chi connectivity index (χ0n) is 8.93. The Hall–Kier alpha value is -2.28. The fourth-order valence-corrected chi connectivity index (χ4v) is 1.21. The summed E-state index contributed by atoms with van der Waals surface area (Å²) in [7, 11) is 1.31. The van der Waals surface area contributed by atoms with Crippen LogP contribution in [0.1, 0.15) is 22.3 Å². The maximum atomic E-state index is 11.3. The van der Waals surface area contributed by atoms with Crippen LogP contribution in [0.25, 0.3) is 6.08 Å². The summed E-state index contributed by atoms with van der Waals surface area (Å²) in [4.78, 5) is 11.3. The molecule has 0 aliphatic heterocycles. The van der Waals surface area contributed by atoms with Crippen LogP contribution in [0.2, 0.25) is 0 Å². The number of methoxy groups -OCH3 is 1. The summed E-state index contributed by atoms with van der Waals surface area (Å²) in [5.41, 5.74) is 7.17. The number of esters is 1. The molecule has 1 rings (SSSR count). The Balaban J connectivity index is 2.99. The summed E-state index contributed by atoms with van der Waals surface area (Å²) >= 11 is 0. The number of ether oxygens (including phenoxy) is 1. The fraction of sp³-hybridized carbons (Fsp3) is 0.167. The molecular weight excluding hydrogens is 204 g/mol. The molecule has 4 heteroatoms. The predicted octanol–water partition coefficient (Wildman–Crippen LogP) is 1.98. The maximum Gasteiger partial charge on any atom is 0.339 e. The largest absolute Gasteiger partial charge is 0.465 e. The number of hydrogen-bond donors (Lipinski definition) is 1. The van der Waals surface area contributed by atoms with Crippen LogP contribution in [0.4, 0.5) is 5.69 Å². The second-order valence-electron chi connectivity index (χ2n) is 3.10. The lowest BCUT2D eigenvalue weighted by Crippen LogP contribution is -2.05. The van der Waals surface area contributed by atoms with Gasteiger partial charge < -0.3 is 10.5 Å². The van der Waals surface area contributed by atoms with Gasteiger partial charge in [-0.1, -0.05) is 18.2 Å². The summed E-state index contributed by atoms with van der Waals surface area (Å²) in [5.74, 6) is -0.465. The Morgan fingerprint density at radius 1 is 1.62 bits per heavy atom. The summed E-state index contributed by atoms with van der Waals surface area (Å²) in [6, 6.07) is 7.04. The van der Waals surface area contributed by atoms with Crippen molar-refractivity contribution in [2.24, 2.45) is 0 Å². The van der Waals surface area contributed by atoms with Gasteiger partial charge in [-0.05, 0) is 17.7 Å². The van der Waals surface area contributed by atoms with E-state index in [-0.39, 0.29) is 0 Å². The van der Waals surface area contributed by atoms with Gasteiger partial charge in [0.15, 0.2) is 0 Å². The van der Waals surface area contributed by atoms with Gasteiger partial charge in [0.05, 0.1) is 25.2 Å². The lowest BCUT2D eigenvalue weighted by atomic mass is 10.1. The number of nitrogens with two attached hydrogens (primary N) is 1. The summed E-state index contributed by atoms with van der Waals surface area (Å²) < 4.78 is 4.60. The first kappa shape index (κ1) is 11.8. The van der Waals surface area contributed by atoms with Gasteiger partial charge in [0.2, 0.25) is 0 Å². The van der Waals surface area contributed by atoms with E-state index >= 15 is 0 Å². The number of benzene rings is 1.